The molecule has 3 heterocycles. The number of benzene rings is 2. The molecule has 1 saturated heterocycles. The van der Waals surface area contributed by atoms with Crippen molar-refractivity contribution < 1.29 is 9.53 Å². The molecule has 0 bridgehead atoms. The molecular weight excluding hydrogens is 514 g/mol. The Kier molecular flexibility index (Phi) is 7.77. The molecule has 1 aliphatic rings. The lowest BCUT2D eigenvalue weighted by Gasteiger charge is -2.38. The normalized spacial score (nSPS) is 14.6. The molecule has 39 heavy (non-hydrogen) atoms. The van der Waals surface area contributed by atoms with Crippen molar-refractivity contribution in [2.45, 2.75) is 32.4 Å². The zero-order valence-electron chi connectivity index (χ0n) is 22.8. The van der Waals surface area contributed by atoms with E-state index < -0.39 is 0 Å². The maximum atomic E-state index is 13.1. The van der Waals surface area contributed by atoms with Crippen LogP contribution < -0.4 is 20.5 Å². The molecular formula is C30H34ClN5O3. The minimum atomic E-state index is -0.280. The van der Waals surface area contributed by atoms with Crippen LogP contribution in [0.3, 0.4) is 0 Å². The monoisotopic (exact) mass is 547 g/mol. The van der Waals surface area contributed by atoms with Gasteiger partial charge < -0.3 is 24.4 Å². The number of nitrogens with one attached hydrogen (secondary N) is 1. The first kappa shape index (κ1) is 27.0. The Morgan fingerprint density at radius 2 is 1.90 bits per heavy atom. The van der Waals surface area contributed by atoms with Crippen LogP contribution in [0.2, 0.25) is 5.15 Å². The Labute approximate surface area is 233 Å². The maximum absolute atomic E-state index is 13.1. The number of hydrogen-bond donors (Lipinski definition) is 1. The Balaban J connectivity index is 1.29. The Morgan fingerprint density at radius 1 is 1.13 bits per heavy atom. The third-order valence-corrected chi connectivity index (χ3v) is 8.10. The summed E-state index contributed by atoms with van der Waals surface area (Å²) in [5.41, 5.74) is 3.93. The van der Waals surface area contributed by atoms with Gasteiger partial charge >= 0.3 is 0 Å². The van der Waals surface area contributed by atoms with Crippen molar-refractivity contribution in [1.29, 1.82) is 0 Å². The predicted octanol–water partition coefficient (Wildman–Crippen LogP) is 4.48. The van der Waals surface area contributed by atoms with E-state index in [0.717, 1.165) is 54.5 Å². The molecule has 2 aromatic carbocycles. The number of rotatable bonds is 7. The standard InChI is InChI=1S/C30H34ClN5O3/c1-19-5-8-25-20(15-19)16-27(29(31)33-25)34(3)21-9-11-35(12-10-21)13-14-36-26-17-22(39-4)6-7-23(26)24(18-28(36)37)30(38)32-2/h5-8,15-18,21H,9-14H2,1-4H3,(H,32,38). The number of piperidine rings is 1. The second-order valence-corrected chi connectivity index (χ2v) is 10.5. The number of pyridine rings is 2. The minimum Gasteiger partial charge on any atom is -0.497 e. The van der Waals surface area contributed by atoms with E-state index in [9.17, 15) is 9.59 Å². The number of aromatic nitrogens is 2. The molecule has 0 spiro atoms. The van der Waals surface area contributed by atoms with Crippen LogP contribution in [0.1, 0.15) is 28.8 Å². The average molecular weight is 548 g/mol. The molecule has 204 valence electrons. The van der Waals surface area contributed by atoms with Crippen LogP contribution in [0.25, 0.3) is 21.8 Å². The van der Waals surface area contributed by atoms with Crippen LogP contribution in [0.15, 0.2) is 53.3 Å². The summed E-state index contributed by atoms with van der Waals surface area (Å²) in [6.45, 7) is 5.17. The van der Waals surface area contributed by atoms with Gasteiger partial charge in [0.15, 0.2) is 5.15 Å². The summed E-state index contributed by atoms with van der Waals surface area (Å²) in [7, 11) is 5.25. The topological polar surface area (TPSA) is 79.7 Å². The van der Waals surface area contributed by atoms with Gasteiger partial charge in [-0.05, 0) is 50.1 Å². The summed E-state index contributed by atoms with van der Waals surface area (Å²) in [4.78, 5) is 34.8. The van der Waals surface area contributed by atoms with Gasteiger partial charge in [-0.1, -0.05) is 23.2 Å². The minimum absolute atomic E-state index is 0.197. The number of ether oxygens (including phenoxy) is 1. The molecule has 1 amide bonds. The largest absolute Gasteiger partial charge is 0.497 e. The number of likely N-dealkylation sites (tertiary alicyclic amines) is 1. The molecule has 1 fully saturated rings. The van der Waals surface area contributed by atoms with E-state index in [4.69, 9.17) is 16.3 Å². The van der Waals surface area contributed by atoms with Crippen LogP contribution in [0.5, 0.6) is 5.75 Å². The maximum Gasteiger partial charge on any atom is 0.251 e. The molecule has 0 saturated carbocycles. The quantitative estimate of drug-likeness (QED) is 0.344. The van der Waals surface area contributed by atoms with E-state index in [1.54, 1.807) is 18.7 Å². The second-order valence-electron chi connectivity index (χ2n) is 10.2. The predicted molar refractivity (Wildman–Crippen MR) is 158 cm³/mol. The fourth-order valence-electron chi connectivity index (χ4n) is 5.52. The highest BCUT2D eigenvalue weighted by Gasteiger charge is 2.25. The van der Waals surface area contributed by atoms with Gasteiger partial charge in [0.2, 0.25) is 0 Å². The van der Waals surface area contributed by atoms with Gasteiger partial charge in [-0.3, -0.25) is 9.59 Å². The number of aryl methyl sites for hydroxylation is 1. The van der Waals surface area contributed by atoms with Crippen molar-refractivity contribution in [2.24, 2.45) is 0 Å². The number of methoxy groups -OCH3 is 1. The number of fused-ring (bicyclic) bond motifs is 2. The van der Waals surface area contributed by atoms with Crippen LogP contribution >= 0.6 is 11.6 Å². The van der Waals surface area contributed by atoms with E-state index in [-0.39, 0.29) is 11.5 Å². The lowest BCUT2D eigenvalue weighted by molar-refractivity contribution is 0.0964. The van der Waals surface area contributed by atoms with Crippen molar-refractivity contribution in [3.8, 4) is 5.75 Å². The summed E-state index contributed by atoms with van der Waals surface area (Å²) in [6, 6.07) is 15.6. The lowest BCUT2D eigenvalue weighted by atomic mass is 10.0. The SMILES string of the molecule is CNC(=O)c1cc(=O)n(CCN2CCC(N(C)c3cc4cc(C)ccc4nc3Cl)CC2)c2cc(OC)ccc12. The summed E-state index contributed by atoms with van der Waals surface area (Å²) in [5.74, 6) is 0.364. The number of anilines is 1. The Hall–Kier alpha value is -3.62. The van der Waals surface area contributed by atoms with Gasteiger partial charge in [-0.15, -0.1) is 0 Å². The molecule has 8 nitrogen and oxygen atoms in total. The van der Waals surface area contributed by atoms with Crippen molar-refractivity contribution in [2.75, 3.05) is 45.7 Å². The van der Waals surface area contributed by atoms with E-state index in [0.29, 0.717) is 34.6 Å². The first-order chi connectivity index (χ1) is 18.8. The highest BCUT2D eigenvalue weighted by Crippen LogP contribution is 2.31. The highest BCUT2D eigenvalue weighted by molar-refractivity contribution is 6.32. The lowest BCUT2D eigenvalue weighted by Crippen LogP contribution is -2.44. The second kappa shape index (κ2) is 11.2. The number of hydrogen-bond acceptors (Lipinski definition) is 6. The summed E-state index contributed by atoms with van der Waals surface area (Å²) in [6.07, 6.45) is 1.97. The fraction of sp³-hybridized carbons (Fsp3) is 0.367. The van der Waals surface area contributed by atoms with E-state index in [1.165, 1.54) is 11.6 Å². The van der Waals surface area contributed by atoms with Crippen LogP contribution in [0.4, 0.5) is 5.69 Å². The molecule has 9 heteroatoms. The van der Waals surface area contributed by atoms with Crippen molar-refractivity contribution >= 4 is 45.0 Å². The zero-order valence-corrected chi connectivity index (χ0v) is 23.6. The summed E-state index contributed by atoms with van der Waals surface area (Å²) < 4.78 is 7.14. The number of halogens is 1. The van der Waals surface area contributed by atoms with Gasteiger partial charge in [0.1, 0.15) is 5.75 Å². The van der Waals surface area contributed by atoms with E-state index in [2.05, 4.69) is 52.3 Å². The zero-order chi connectivity index (χ0) is 27.7. The molecule has 2 aromatic heterocycles. The molecule has 0 unspecified atom stereocenters. The molecule has 0 atom stereocenters. The van der Waals surface area contributed by atoms with E-state index >= 15 is 0 Å². The summed E-state index contributed by atoms with van der Waals surface area (Å²) >= 11 is 6.60. The van der Waals surface area contributed by atoms with Crippen molar-refractivity contribution in [3.63, 3.8) is 0 Å². The van der Waals surface area contributed by atoms with Gasteiger partial charge in [0.25, 0.3) is 11.5 Å². The van der Waals surface area contributed by atoms with Crippen LogP contribution in [-0.4, -0.2) is 67.2 Å². The first-order valence-electron chi connectivity index (χ1n) is 13.2. The number of carbonyl (C=O) groups excluding carboxylic acids is 1. The molecule has 0 aliphatic carbocycles. The highest BCUT2D eigenvalue weighted by atomic mass is 35.5. The Bertz CT molecular complexity index is 1590. The molecule has 0 radical (unpaired) electrons. The molecule has 1 N–H and O–H groups in total. The number of amides is 1. The van der Waals surface area contributed by atoms with Gasteiger partial charge in [-0.25, -0.2) is 4.98 Å². The van der Waals surface area contributed by atoms with E-state index in [1.807, 2.05) is 24.3 Å². The third kappa shape index (κ3) is 5.44. The smallest absolute Gasteiger partial charge is 0.251 e. The molecule has 1 aliphatic heterocycles. The Morgan fingerprint density at radius 3 is 2.62 bits per heavy atom. The van der Waals surface area contributed by atoms with Crippen LogP contribution in [-0.2, 0) is 6.54 Å². The molecule has 4 aromatic rings. The average Bonchev–Trinajstić information content (AvgIpc) is 2.95. The van der Waals surface area contributed by atoms with Gasteiger partial charge in [0.05, 0.1) is 29.4 Å². The number of carbonyl (C=O) groups is 1. The summed E-state index contributed by atoms with van der Waals surface area (Å²) in [5, 5.41) is 4.98. The van der Waals surface area contributed by atoms with Crippen molar-refractivity contribution in [1.82, 2.24) is 19.8 Å². The first-order valence-corrected chi connectivity index (χ1v) is 13.6. The van der Waals surface area contributed by atoms with Gasteiger partial charge in [-0.2, -0.15) is 0 Å². The van der Waals surface area contributed by atoms with Crippen molar-refractivity contribution in [3.05, 3.63) is 75.2 Å². The fourth-order valence-corrected chi connectivity index (χ4v) is 5.80. The molecule has 5 rings (SSSR count). The van der Waals surface area contributed by atoms with Gasteiger partial charge in [0, 0.05) is 69.2 Å². The van der Waals surface area contributed by atoms with Crippen LogP contribution in [0, 0.1) is 6.92 Å². The number of nitrogens with zero attached hydrogens (tertiary/aromatic N) is 4. The third-order valence-electron chi connectivity index (χ3n) is 7.82.